The molecule has 0 saturated carbocycles. The van der Waals surface area contributed by atoms with E-state index in [0.29, 0.717) is 90.3 Å². The Morgan fingerprint density at radius 2 is 1.94 bits per heavy atom. The van der Waals surface area contributed by atoms with Crippen LogP contribution in [-0.4, -0.2) is 97.9 Å². The van der Waals surface area contributed by atoms with E-state index in [0.717, 1.165) is 44.3 Å². The zero-order valence-corrected chi connectivity index (χ0v) is 26.9. The van der Waals surface area contributed by atoms with Crippen LogP contribution in [0.1, 0.15) is 56.9 Å². The molecular formula is C34H37ClF2N8O2. The highest BCUT2D eigenvalue weighted by molar-refractivity contribution is 6.33. The molecule has 1 amide bonds. The standard InChI is InChI=1S/C34H37ClF2N8O2/c35-24-12-25-22(15-39-42-25)28-21(24)4-1-2-5-27(46)45-11-7-19-6-10-43(17-26(19)45)32-23-14-38-31(28)29(37)30(23)40-33(41-32)47-18-34-8-3-9-44(34)16-20(36)13-34/h12,14-15,19-20,26H,1-11,13,16-18H2,(H,39,42)/t19-,20+,26-,34-/m0/s1. The second kappa shape index (κ2) is 11.2. The average molecular weight is 663 g/mol. The molecule has 6 aliphatic rings. The number of hydrogen-bond donors (Lipinski definition) is 1. The summed E-state index contributed by atoms with van der Waals surface area (Å²) >= 11 is 6.85. The lowest BCUT2D eigenvalue weighted by molar-refractivity contribution is -0.132. The molecule has 6 aliphatic heterocycles. The van der Waals surface area contributed by atoms with Gasteiger partial charge in [-0.15, -0.1) is 0 Å². The van der Waals surface area contributed by atoms with Gasteiger partial charge in [-0.1, -0.05) is 11.6 Å². The van der Waals surface area contributed by atoms with Crippen molar-refractivity contribution in [1.29, 1.82) is 0 Å². The number of ether oxygens (including phenoxy) is 1. The third kappa shape index (κ3) is 4.76. The van der Waals surface area contributed by atoms with Gasteiger partial charge in [0.1, 0.15) is 29.8 Å². The van der Waals surface area contributed by atoms with Crippen molar-refractivity contribution >= 4 is 45.1 Å². The summed E-state index contributed by atoms with van der Waals surface area (Å²) in [6.07, 6.45) is 8.99. The summed E-state index contributed by atoms with van der Waals surface area (Å²) in [5, 5.41) is 8.87. The zero-order chi connectivity index (χ0) is 31.9. The largest absolute Gasteiger partial charge is 0.461 e. The van der Waals surface area contributed by atoms with E-state index in [1.54, 1.807) is 12.4 Å². The van der Waals surface area contributed by atoms with Crippen LogP contribution in [0.25, 0.3) is 33.1 Å². The smallest absolute Gasteiger partial charge is 0.319 e. The first-order chi connectivity index (χ1) is 22.9. The Morgan fingerprint density at radius 3 is 2.85 bits per heavy atom. The molecule has 4 atom stereocenters. The number of hydrogen-bond acceptors (Lipinski definition) is 8. The number of piperidine rings is 1. The van der Waals surface area contributed by atoms with Crippen LogP contribution in [0.4, 0.5) is 14.6 Å². The van der Waals surface area contributed by atoms with Gasteiger partial charge in [0.15, 0.2) is 5.82 Å². The number of benzene rings is 1. The van der Waals surface area contributed by atoms with Gasteiger partial charge in [0.05, 0.1) is 28.7 Å². The topological polar surface area (TPSA) is 103 Å². The van der Waals surface area contributed by atoms with E-state index < -0.39 is 17.5 Å². The third-order valence-corrected chi connectivity index (χ3v) is 11.8. The van der Waals surface area contributed by atoms with Crippen LogP contribution in [0.3, 0.4) is 0 Å². The SMILES string of the molecule is O=C1CCCCc2c(Cl)cc3[nH]ncc3c2-c2ncc3c(nc(OC[C@@]45CCCN4C[C@H](F)C5)nc3c2F)N2CC[C@H]3CCN1[C@H]3C2. The molecule has 4 saturated heterocycles. The fourth-order valence-electron chi connectivity index (χ4n) is 9.13. The first kappa shape index (κ1) is 29.5. The Kier molecular flexibility index (Phi) is 7.04. The van der Waals surface area contributed by atoms with Gasteiger partial charge >= 0.3 is 6.01 Å². The lowest BCUT2D eigenvalue weighted by Crippen LogP contribution is -2.50. The van der Waals surface area contributed by atoms with Crippen molar-refractivity contribution < 1.29 is 18.3 Å². The molecule has 0 spiro atoms. The normalized spacial score (nSPS) is 27.8. The number of alkyl halides is 1. The van der Waals surface area contributed by atoms with Gasteiger partial charge in [0.25, 0.3) is 0 Å². The van der Waals surface area contributed by atoms with Crippen molar-refractivity contribution in [2.75, 3.05) is 44.2 Å². The molecule has 0 radical (unpaired) electrons. The fraction of sp³-hybridized carbons (Fsp3) is 0.559. The molecule has 0 unspecified atom stereocenters. The van der Waals surface area contributed by atoms with Crippen LogP contribution >= 0.6 is 11.6 Å². The Bertz CT molecular complexity index is 1910. The molecule has 246 valence electrons. The molecule has 10 rings (SSSR count). The number of fused-ring (bicyclic) bond motifs is 7. The molecule has 47 heavy (non-hydrogen) atoms. The Hall–Kier alpha value is -3.64. The molecule has 4 fully saturated rings. The number of aromatic amines is 1. The summed E-state index contributed by atoms with van der Waals surface area (Å²) in [7, 11) is 0. The number of nitrogens with one attached hydrogen (secondary N) is 1. The second-order valence-corrected chi connectivity index (χ2v) is 14.5. The first-order valence-electron chi connectivity index (χ1n) is 17.0. The minimum absolute atomic E-state index is 0.0612. The van der Waals surface area contributed by atoms with Crippen LogP contribution in [0.15, 0.2) is 18.5 Å². The van der Waals surface area contributed by atoms with E-state index in [2.05, 4.69) is 29.9 Å². The second-order valence-electron chi connectivity index (χ2n) is 14.1. The van der Waals surface area contributed by atoms with E-state index >= 15 is 4.39 Å². The lowest BCUT2D eigenvalue weighted by atomic mass is 9.91. The maximum absolute atomic E-state index is 17.1. The van der Waals surface area contributed by atoms with Crippen LogP contribution in [0.5, 0.6) is 6.01 Å². The number of H-pyrrole nitrogens is 1. The molecule has 10 nitrogen and oxygen atoms in total. The predicted octanol–water partition coefficient (Wildman–Crippen LogP) is 5.47. The monoisotopic (exact) mass is 662 g/mol. The lowest BCUT2D eigenvalue weighted by Gasteiger charge is -2.39. The number of halogens is 3. The van der Waals surface area contributed by atoms with Crippen molar-refractivity contribution in [3.05, 3.63) is 34.9 Å². The molecule has 1 aromatic carbocycles. The van der Waals surface area contributed by atoms with Crippen LogP contribution in [0, 0.1) is 11.7 Å². The number of rotatable bonds is 3. The van der Waals surface area contributed by atoms with E-state index in [1.165, 1.54) is 0 Å². The van der Waals surface area contributed by atoms with Gasteiger partial charge in [0, 0.05) is 61.2 Å². The summed E-state index contributed by atoms with van der Waals surface area (Å²) in [6, 6.07) is 1.94. The zero-order valence-electron chi connectivity index (χ0n) is 26.2. The van der Waals surface area contributed by atoms with Gasteiger partial charge in [-0.2, -0.15) is 15.1 Å². The molecule has 13 heteroatoms. The van der Waals surface area contributed by atoms with Crippen molar-refractivity contribution in [1.82, 2.24) is 34.9 Å². The number of nitrogens with zero attached hydrogens (tertiary/aromatic N) is 7. The molecule has 0 aliphatic carbocycles. The first-order valence-corrected chi connectivity index (χ1v) is 17.3. The Morgan fingerprint density at radius 1 is 1.06 bits per heavy atom. The number of amides is 1. The van der Waals surface area contributed by atoms with Crippen molar-refractivity contribution in [2.45, 2.75) is 75.5 Å². The van der Waals surface area contributed by atoms with Gasteiger partial charge < -0.3 is 14.5 Å². The summed E-state index contributed by atoms with van der Waals surface area (Å²) in [5.41, 5.74) is 1.86. The van der Waals surface area contributed by atoms with Crippen LogP contribution in [0.2, 0.25) is 5.02 Å². The van der Waals surface area contributed by atoms with Crippen molar-refractivity contribution in [2.24, 2.45) is 5.92 Å². The van der Waals surface area contributed by atoms with Crippen LogP contribution in [-0.2, 0) is 11.2 Å². The van der Waals surface area contributed by atoms with E-state index in [-0.39, 0.29) is 35.8 Å². The average Bonchev–Trinajstić information content (AvgIpc) is 3.85. The number of aromatic nitrogens is 5. The molecular weight excluding hydrogens is 626 g/mol. The molecule has 3 aromatic heterocycles. The molecule has 1 N–H and O–H groups in total. The fourth-order valence-corrected chi connectivity index (χ4v) is 9.43. The van der Waals surface area contributed by atoms with Crippen molar-refractivity contribution in [3.8, 4) is 17.3 Å². The minimum atomic E-state index is -0.894. The van der Waals surface area contributed by atoms with E-state index in [4.69, 9.17) is 26.3 Å². The number of carbonyl (C=O) groups is 1. The summed E-state index contributed by atoms with van der Waals surface area (Å²) in [4.78, 5) is 34.3. The minimum Gasteiger partial charge on any atom is -0.461 e. The van der Waals surface area contributed by atoms with E-state index in [9.17, 15) is 9.18 Å². The third-order valence-electron chi connectivity index (χ3n) is 11.5. The number of anilines is 1. The highest BCUT2D eigenvalue weighted by atomic mass is 35.5. The molecule has 9 heterocycles. The number of carbonyl (C=O) groups excluding carboxylic acids is 1. The summed E-state index contributed by atoms with van der Waals surface area (Å²) in [6.45, 7) is 3.55. The highest BCUT2D eigenvalue weighted by Gasteiger charge is 2.49. The quantitative estimate of drug-likeness (QED) is 0.308. The highest BCUT2D eigenvalue weighted by Crippen LogP contribution is 2.43. The predicted molar refractivity (Wildman–Crippen MR) is 174 cm³/mol. The van der Waals surface area contributed by atoms with Gasteiger partial charge in [-0.25, -0.2) is 8.78 Å². The van der Waals surface area contributed by atoms with Gasteiger partial charge in [0.2, 0.25) is 5.91 Å². The van der Waals surface area contributed by atoms with Crippen LogP contribution < -0.4 is 9.64 Å². The van der Waals surface area contributed by atoms with E-state index in [1.807, 2.05) is 6.07 Å². The summed E-state index contributed by atoms with van der Waals surface area (Å²) in [5.74, 6) is 0.570. The molecule has 4 aromatic rings. The maximum Gasteiger partial charge on any atom is 0.319 e. The maximum atomic E-state index is 17.1. The Balaban J connectivity index is 1.21. The summed E-state index contributed by atoms with van der Waals surface area (Å²) < 4.78 is 38.0. The molecule has 6 bridgehead atoms. The number of pyridine rings is 1. The van der Waals surface area contributed by atoms with Crippen molar-refractivity contribution in [3.63, 3.8) is 0 Å². The van der Waals surface area contributed by atoms with Gasteiger partial charge in [-0.05, 0) is 69.0 Å². The Labute approximate surface area is 275 Å². The van der Waals surface area contributed by atoms with Gasteiger partial charge in [-0.3, -0.25) is 19.8 Å².